The second-order valence-electron chi connectivity index (χ2n) is 6.79. The Bertz CT molecular complexity index is 1090. The van der Waals surface area contributed by atoms with Gasteiger partial charge in [0.1, 0.15) is 5.82 Å². The molecule has 0 spiro atoms. The van der Waals surface area contributed by atoms with E-state index in [1.807, 2.05) is 36.4 Å². The van der Waals surface area contributed by atoms with Crippen LogP contribution in [0.5, 0.6) is 0 Å². The molecule has 0 saturated heterocycles. The first-order valence-corrected chi connectivity index (χ1v) is 8.83. The van der Waals surface area contributed by atoms with Gasteiger partial charge in [-0.2, -0.15) is 4.98 Å². The number of anilines is 1. The largest absolute Gasteiger partial charge is 0.384 e. The first-order valence-electron chi connectivity index (χ1n) is 8.83. The molecular weight excluding hydrogens is 338 g/mol. The molecule has 4 aromatic rings. The Labute approximate surface area is 157 Å². The van der Waals surface area contributed by atoms with E-state index >= 15 is 0 Å². The first kappa shape index (κ1) is 17.2. The highest BCUT2D eigenvalue weighted by molar-refractivity contribution is 5.94. The first-order chi connectivity index (χ1) is 13.1. The summed E-state index contributed by atoms with van der Waals surface area (Å²) in [6, 6.07) is 17.8. The minimum absolute atomic E-state index is 0.431. The number of para-hydroxylation sites is 1. The zero-order chi connectivity index (χ0) is 18.8. The van der Waals surface area contributed by atoms with E-state index in [1.165, 1.54) is 5.56 Å². The summed E-state index contributed by atoms with van der Waals surface area (Å²) in [5.74, 6) is 1.44. The van der Waals surface area contributed by atoms with Crippen LogP contribution in [0.4, 0.5) is 5.82 Å². The molecule has 0 aliphatic carbocycles. The number of pyridine rings is 1. The molecule has 4 rings (SSSR count). The van der Waals surface area contributed by atoms with E-state index < -0.39 is 0 Å². The van der Waals surface area contributed by atoms with Crippen LogP contribution in [0, 0.1) is 0 Å². The number of nitrogen functional groups attached to an aromatic ring is 1. The fourth-order valence-corrected chi connectivity index (χ4v) is 3.04. The molecule has 27 heavy (non-hydrogen) atoms. The van der Waals surface area contributed by atoms with Gasteiger partial charge in [0.2, 0.25) is 5.82 Å². The monoisotopic (exact) mass is 359 g/mol. The van der Waals surface area contributed by atoms with Crippen molar-refractivity contribution >= 4 is 16.7 Å². The van der Waals surface area contributed by atoms with Crippen LogP contribution in [-0.4, -0.2) is 40.7 Å². The molecule has 6 nitrogen and oxygen atoms in total. The Morgan fingerprint density at radius 1 is 1.00 bits per heavy atom. The van der Waals surface area contributed by atoms with Crippen molar-refractivity contribution in [1.82, 2.24) is 20.0 Å². The Morgan fingerprint density at radius 3 is 2.70 bits per heavy atom. The van der Waals surface area contributed by atoms with Crippen molar-refractivity contribution < 1.29 is 4.52 Å². The molecule has 2 aromatic heterocycles. The molecular formula is C21H21N5O. The van der Waals surface area contributed by atoms with Gasteiger partial charge in [0.25, 0.3) is 5.89 Å². The number of hydrogen-bond acceptors (Lipinski definition) is 6. The quantitative estimate of drug-likeness (QED) is 0.586. The summed E-state index contributed by atoms with van der Waals surface area (Å²) in [6.45, 7) is 0.987. The molecule has 0 bridgehead atoms. The molecule has 136 valence electrons. The zero-order valence-corrected chi connectivity index (χ0v) is 15.4. The van der Waals surface area contributed by atoms with E-state index in [4.69, 9.17) is 10.3 Å². The number of likely N-dealkylation sites (N-methyl/N-ethyl adjacent to an activating group) is 1. The van der Waals surface area contributed by atoms with Crippen molar-refractivity contribution in [3.8, 4) is 22.8 Å². The van der Waals surface area contributed by atoms with Gasteiger partial charge in [0.05, 0.1) is 5.52 Å². The van der Waals surface area contributed by atoms with Crippen LogP contribution in [0.3, 0.4) is 0 Å². The molecule has 0 atom stereocenters. The summed E-state index contributed by atoms with van der Waals surface area (Å²) in [7, 11) is 4.14. The average molecular weight is 359 g/mol. The molecule has 2 aromatic carbocycles. The second kappa shape index (κ2) is 7.17. The molecule has 0 saturated carbocycles. The number of fused-ring (bicyclic) bond motifs is 1. The van der Waals surface area contributed by atoms with E-state index in [0.717, 1.165) is 35.0 Å². The van der Waals surface area contributed by atoms with E-state index in [-0.39, 0.29) is 0 Å². The van der Waals surface area contributed by atoms with Crippen molar-refractivity contribution in [3.05, 3.63) is 60.2 Å². The van der Waals surface area contributed by atoms with Gasteiger partial charge < -0.3 is 15.2 Å². The SMILES string of the molecule is CN(C)CCc1cccc(-c2nc(-c3cc(N)nc4ccccc34)no2)c1. The van der Waals surface area contributed by atoms with Crippen molar-refractivity contribution in [3.63, 3.8) is 0 Å². The maximum absolute atomic E-state index is 5.96. The molecule has 2 N–H and O–H groups in total. The Kier molecular flexibility index (Phi) is 4.56. The van der Waals surface area contributed by atoms with E-state index in [2.05, 4.69) is 46.3 Å². The number of hydrogen-bond donors (Lipinski definition) is 1. The van der Waals surface area contributed by atoms with Gasteiger partial charge in [0, 0.05) is 23.1 Å². The standard InChI is InChI=1S/C21H21N5O/c1-26(2)11-10-14-6-5-7-15(12-14)21-24-20(25-27-21)17-13-19(22)23-18-9-4-3-8-16(17)18/h3-9,12-13H,10-11H2,1-2H3,(H2,22,23). The smallest absolute Gasteiger partial charge is 0.258 e. The fraction of sp³-hybridized carbons (Fsp3) is 0.190. The highest BCUT2D eigenvalue weighted by Crippen LogP contribution is 2.29. The number of nitrogens with zero attached hydrogens (tertiary/aromatic N) is 4. The van der Waals surface area contributed by atoms with Crippen LogP contribution in [0.2, 0.25) is 0 Å². The van der Waals surface area contributed by atoms with E-state index in [0.29, 0.717) is 17.5 Å². The third kappa shape index (κ3) is 3.66. The average Bonchev–Trinajstić information content (AvgIpc) is 3.16. The summed E-state index contributed by atoms with van der Waals surface area (Å²) in [4.78, 5) is 11.1. The molecule has 6 heteroatoms. The maximum Gasteiger partial charge on any atom is 0.258 e. The minimum Gasteiger partial charge on any atom is -0.384 e. The number of nitrogens with two attached hydrogens (primary N) is 1. The van der Waals surface area contributed by atoms with Gasteiger partial charge in [-0.25, -0.2) is 4.98 Å². The van der Waals surface area contributed by atoms with Crippen LogP contribution < -0.4 is 5.73 Å². The Morgan fingerprint density at radius 2 is 1.85 bits per heavy atom. The maximum atomic E-state index is 5.96. The van der Waals surface area contributed by atoms with Crippen molar-refractivity contribution in [2.24, 2.45) is 0 Å². The van der Waals surface area contributed by atoms with Gasteiger partial charge in [-0.15, -0.1) is 0 Å². The Balaban J connectivity index is 1.70. The lowest BCUT2D eigenvalue weighted by Crippen LogP contribution is -2.14. The fourth-order valence-electron chi connectivity index (χ4n) is 3.04. The van der Waals surface area contributed by atoms with Crippen LogP contribution in [0.15, 0.2) is 59.1 Å². The molecule has 0 amide bonds. The summed E-state index contributed by atoms with van der Waals surface area (Å²) in [6.07, 6.45) is 0.966. The normalized spacial score (nSPS) is 11.4. The molecule has 0 aliphatic rings. The third-order valence-electron chi connectivity index (χ3n) is 4.42. The minimum atomic E-state index is 0.431. The molecule has 0 unspecified atom stereocenters. The van der Waals surface area contributed by atoms with Crippen molar-refractivity contribution in [2.75, 3.05) is 26.4 Å². The number of aromatic nitrogens is 3. The molecule has 0 aliphatic heterocycles. The van der Waals surface area contributed by atoms with E-state index in [9.17, 15) is 0 Å². The van der Waals surface area contributed by atoms with Gasteiger partial charge in [-0.3, -0.25) is 0 Å². The second-order valence-corrected chi connectivity index (χ2v) is 6.79. The predicted molar refractivity (Wildman–Crippen MR) is 107 cm³/mol. The van der Waals surface area contributed by atoms with Gasteiger partial charge >= 0.3 is 0 Å². The summed E-state index contributed by atoms with van der Waals surface area (Å²) >= 11 is 0. The lowest BCUT2D eigenvalue weighted by atomic mass is 10.1. The van der Waals surface area contributed by atoms with E-state index in [1.54, 1.807) is 6.07 Å². The molecule has 0 radical (unpaired) electrons. The molecule has 0 fully saturated rings. The van der Waals surface area contributed by atoms with Gasteiger partial charge in [-0.1, -0.05) is 35.5 Å². The van der Waals surface area contributed by atoms with Crippen molar-refractivity contribution in [1.29, 1.82) is 0 Å². The summed E-state index contributed by atoms with van der Waals surface area (Å²) < 4.78 is 5.54. The predicted octanol–water partition coefficient (Wildman–Crippen LogP) is 3.64. The van der Waals surface area contributed by atoms with Gasteiger partial charge in [-0.05, 0) is 50.3 Å². The highest BCUT2D eigenvalue weighted by atomic mass is 16.5. The number of benzene rings is 2. The lowest BCUT2D eigenvalue weighted by Gasteiger charge is -2.09. The third-order valence-corrected chi connectivity index (χ3v) is 4.42. The molecule has 2 heterocycles. The van der Waals surface area contributed by atoms with Crippen LogP contribution >= 0.6 is 0 Å². The summed E-state index contributed by atoms with van der Waals surface area (Å²) in [5.41, 5.74) is 9.73. The topological polar surface area (TPSA) is 81.1 Å². The van der Waals surface area contributed by atoms with Crippen LogP contribution in [-0.2, 0) is 6.42 Å². The zero-order valence-electron chi connectivity index (χ0n) is 15.4. The lowest BCUT2D eigenvalue weighted by molar-refractivity contribution is 0.413. The Hall–Kier alpha value is -3.25. The number of rotatable bonds is 5. The van der Waals surface area contributed by atoms with Crippen LogP contribution in [0.1, 0.15) is 5.56 Å². The van der Waals surface area contributed by atoms with Gasteiger partial charge in [0.15, 0.2) is 0 Å². The van der Waals surface area contributed by atoms with Crippen molar-refractivity contribution in [2.45, 2.75) is 6.42 Å². The highest BCUT2D eigenvalue weighted by Gasteiger charge is 2.14. The van der Waals surface area contributed by atoms with Crippen LogP contribution in [0.25, 0.3) is 33.7 Å². The summed E-state index contributed by atoms with van der Waals surface area (Å²) in [5, 5.41) is 5.12.